The van der Waals surface area contributed by atoms with Gasteiger partial charge in [0, 0.05) is 0 Å². The van der Waals surface area contributed by atoms with E-state index in [1.54, 1.807) is 13.4 Å². The molecule has 22 heavy (non-hydrogen) atoms. The molecule has 0 saturated carbocycles. The predicted molar refractivity (Wildman–Crippen MR) is 84.2 cm³/mol. The van der Waals surface area contributed by atoms with E-state index in [1.165, 1.54) is 0 Å². The van der Waals surface area contributed by atoms with Crippen molar-refractivity contribution in [3.8, 4) is 11.5 Å². The SMILES string of the molecule is COc1ccccc1OC[C@@H](O)Cn1cnc2ccccc21. The maximum Gasteiger partial charge on any atom is 0.161 e. The van der Waals surface area contributed by atoms with Gasteiger partial charge in [0.25, 0.3) is 0 Å². The number of benzene rings is 2. The van der Waals surface area contributed by atoms with Gasteiger partial charge in [-0.05, 0) is 24.3 Å². The van der Waals surface area contributed by atoms with E-state index in [0.29, 0.717) is 18.0 Å². The van der Waals surface area contributed by atoms with Crippen molar-refractivity contribution >= 4 is 11.0 Å². The summed E-state index contributed by atoms with van der Waals surface area (Å²) < 4.78 is 12.8. The van der Waals surface area contributed by atoms with Crippen LogP contribution in [0.4, 0.5) is 0 Å². The van der Waals surface area contributed by atoms with Crippen molar-refractivity contribution in [2.75, 3.05) is 13.7 Å². The number of methoxy groups -OCH3 is 1. The summed E-state index contributed by atoms with van der Waals surface area (Å²) in [5.74, 6) is 1.28. The lowest BCUT2D eigenvalue weighted by Crippen LogP contribution is -2.23. The molecule has 3 rings (SSSR count). The van der Waals surface area contributed by atoms with Crippen LogP contribution in [0, 0.1) is 0 Å². The van der Waals surface area contributed by atoms with Gasteiger partial charge in [0.2, 0.25) is 0 Å². The van der Waals surface area contributed by atoms with Gasteiger partial charge in [-0.3, -0.25) is 0 Å². The minimum Gasteiger partial charge on any atom is -0.493 e. The molecule has 0 unspecified atom stereocenters. The molecule has 0 spiro atoms. The molecule has 0 aliphatic heterocycles. The Hall–Kier alpha value is -2.53. The lowest BCUT2D eigenvalue weighted by molar-refractivity contribution is 0.0919. The van der Waals surface area contributed by atoms with Crippen molar-refractivity contribution < 1.29 is 14.6 Å². The summed E-state index contributed by atoms with van der Waals surface area (Å²) in [5, 5.41) is 10.2. The van der Waals surface area contributed by atoms with Gasteiger partial charge in [0.15, 0.2) is 11.5 Å². The van der Waals surface area contributed by atoms with Gasteiger partial charge < -0.3 is 19.1 Å². The van der Waals surface area contributed by atoms with Crippen molar-refractivity contribution in [1.82, 2.24) is 9.55 Å². The Balaban J connectivity index is 1.64. The van der Waals surface area contributed by atoms with Crippen LogP contribution in [0.1, 0.15) is 0 Å². The van der Waals surface area contributed by atoms with Gasteiger partial charge >= 0.3 is 0 Å². The Bertz CT molecular complexity index is 754. The van der Waals surface area contributed by atoms with Gasteiger partial charge in [0.1, 0.15) is 12.7 Å². The first-order valence-electron chi connectivity index (χ1n) is 7.11. The van der Waals surface area contributed by atoms with Crippen molar-refractivity contribution in [3.63, 3.8) is 0 Å². The average Bonchev–Trinajstić information content (AvgIpc) is 2.96. The van der Waals surface area contributed by atoms with Gasteiger partial charge in [-0.15, -0.1) is 0 Å². The summed E-state index contributed by atoms with van der Waals surface area (Å²) in [6.45, 7) is 0.614. The molecule has 0 amide bonds. The molecule has 0 fully saturated rings. The number of aliphatic hydroxyl groups excluding tert-OH is 1. The fraction of sp³-hybridized carbons (Fsp3) is 0.235. The van der Waals surface area contributed by atoms with Crippen LogP contribution in [0.5, 0.6) is 11.5 Å². The van der Waals surface area contributed by atoms with E-state index >= 15 is 0 Å². The average molecular weight is 298 g/mol. The van der Waals surface area contributed by atoms with Crippen molar-refractivity contribution in [2.24, 2.45) is 0 Å². The van der Waals surface area contributed by atoms with E-state index in [2.05, 4.69) is 4.98 Å². The summed E-state index contributed by atoms with van der Waals surface area (Å²) in [5.41, 5.74) is 1.92. The highest BCUT2D eigenvalue weighted by atomic mass is 16.5. The minimum atomic E-state index is -0.637. The van der Waals surface area contributed by atoms with Crippen LogP contribution >= 0.6 is 0 Å². The van der Waals surface area contributed by atoms with Crippen LogP contribution in [0.15, 0.2) is 54.9 Å². The monoisotopic (exact) mass is 298 g/mol. The van der Waals surface area contributed by atoms with Gasteiger partial charge in [0.05, 0.1) is 31.0 Å². The summed E-state index contributed by atoms with van der Waals surface area (Å²) in [6, 6.07) is 15.2. The van der Waals surface area contributed by atoms with Crippen LogP contribution < -0.4 is 9.47 Å². The summed E-state index contributed by atoms with van der Waals surface area (Å²) in [4.78, 5) is 4.31. The highest BCUT2D eigenvalue weighted by Crippen LogP contribution is 2.25. The molecular weight excluding hydrogens is 280 g/mol. The zero-order valence-corrected chi connectivity index (χ0v) is 12.3. The first-order chi connectivity index (χ1) is 10.8. The number of aliphatic hydroxyl groups is 1. The number of imidazole rings is 1. The summed E-state index contributed by atoms with van der Waals surface area (Å²) >= 11 is 0. The fourth-order valence-electron chi connectivity index (χ4n) is 2.36. The zero-order chi connectivity index (χ0) is 15.4. The summed E-state index contributed by atoms with van der Waals surface area (Å²) in [6.07, 6.45) is 1.10. The Morgan fingerprint density at radius 2 is 1.82 bits per heavy atom. The lowest BCUT2D eigenvalue weighted by atomic mass is 10.3. The molecule has 114 valence electrons. The lowest BCUT2D eigenvalue weighted by Gasteiger charge is -2.15. The summed E-state index contributed by atoms with van der Waals surface area (Å²) in [7, 11) is 1.59. The maximum atomic E-state index is 10.2. The highest BCUT2D eigenvalue weighted by Gasteiger charge is 2.11. The molecule has 5 nitrogen and oxygen atoms in total. The second-order valence-electron chi connectivity index (χ2n) is 5.00. The third-order valence-electron chi connectivity index (χ3n) is 3.44. The topological polar surface area (TPSA) is 56.5 Å². The third kappa shape index (κ3) is 3.04. The second-order valence-corrected chi connectivity index (χ2v) is 5.00. The normalized spacial score (nSPS) is 12.3. The molecule has 1 heterocycles. The van der Waals surface area contributed by atoms with Crippen molar-refractivity contribution in [2.45, 2.75) is 12.6 Å². The standard InChI is InChI=1S/C17H18N2O3/c1-21-16-8-4-5-9-17(16)22-11-13(20)10-19-12-18-14-6-2-3-7-15(14)19/h2-9,12-13,20H,10-11H2,1H3/t13-/m0/s1. The van der Waals surface area contributed by atoms with Crippen LogP contribution in [0.25, 0.3) is 11.0 Å². The molecule has 0 radical (unpaired) electrons. The Kier molecular flexibility index (Phi) is 4.25. The van der Waals surface area contributed by atoms with E-state index in [4.69, 9.17) is 9.47 Å². The molecule has 1 atom stereocenters. The third-order valence-corrected chi connectivity index (χ3v) is 3.44. The van der Waals surface area contributed by atoms with Crippen LogP contribution in [0.3, 0.4) is 0 Å². The van der Waals surface area contributed by atoms with Crippen molar-refractivity contribution in [3.05, 3.63) is 54.9 Å². The highest BCUT2D eigenvalue weighted by molar-refractivity contribution is 5.74. The molecule has 0 aliphatic rings. The quantitative estimate of drug-likeness (QED) is 0.759. The Morgan fingerprint density at radius 3 is 2.64 bits per heavy atom. The number of hydrogen-bond donors (Lipinski definition) is 1. The van der Waals surface area contributed by atoms with E-state index in [1.807, 2.05) is 53.1 Å². The molecule has 3 aromatic rings. The fourth-order valence-corrected chi connectivity index (χ4v) is 2.36. The maximum absolute atomic E-state index is 10.2. The smallest absolute Gasteiger partial charge is 0.161 e. The number of para-hydroxylation sites is 4. The number of ether oxygens (including phenoxy) is 2. The molecule has 1 N–H and O–H groups in total. The van der Waals surface area contributed by atoms with Gasteiger partial charge in [-0.1, -0.05) is 24.3 Å². The van der Waals surface area contributed by atoms with E-state index in [0.717, 1.165) is 11.0 Å². The molecular formula is C17H18N2O3. The second kappa shape index (κ2) is 6.49. The Morgan fingerprint density at radius 1 is 1.09 bits per heavy atom. The molecule has 0 aliphatic carbocycles. The molecule has 2 aromatic carbocycles. The first kappa shape index (κ1) is 14.4. The number of rotatable bonds is 6. The number of hydrogen-bond acceptors (Lipinski definition) is 4. The number of aromatic nitrogens is 2. The molecule has 5 heteroatoms. The number of fused-ring (bicyclic) bond motifs is 1. The molecule has 0 saturated heterocycles. The van der Waals surface area contributed by atoms with Gasteiger partial charge in [-0.2, -0.15) is 0 Å². The number of nitrogens with zero attached hydrogens (tertiary/aromatic N) is 2. The molecule has 1 aromatic heterocycles. The largest absolute Gasteiger partial charge is 0.493 e. The van der Waals surface area contributed by atoms with E-state index in [-0.39, 0.29) is 6.61 Å². The predicted octanol–water partition coefficient (Wildman–Crippen LogP) is 2.48. The Labute approximate surface area is 128 Å². The zero-order valence-electron chi connectivity index (χ0n) is 12.3. The van der Waals surface area contributed by atoms with E-state index in [9.17, 15) is 5.11 Å². The first-order valence-corrected chi connectivity index (χ1v) is 7.11. The van der Waals surface area contributed by atoms with E-state index < -0.39 is 6.10 Å². The van der Waals surface area contributed by atoms with Gasteiger partial charge in [-0.25, -0.2) is 4.98 Å². The van der Waals surface area contributed by atoms with Crippen LogP contribution in [-0.2, 0) is 6.54 Å². The minimum absolute atomic E-state index is 0.187. The van der Waals surface area contributed by atoms with Crippen LogP contribution in [-0.4, -0.2) is 34.5 Å². The van der Waals surface area contributed by atoms with Crippen molar-refractivity contribution in [1.29, 1.82) is 0 Å². The molecule has 0 bridgehead atoms. The van der Waals surface area contributed by atoms with Crippen LogP contribution in [0.2, 0.25) is 0 Å².